The van der Waals surface area contributed by atoms with Crippen molar-refractivity contribution < 1.29 is 9.53 Å². The molecule has 0 aliphatic heterocycles. The van der Waals surface area contributed by atoms with Crippen LogP contribution in [-0.2, 0) is 4.74 Å². The van der Waals surface area contributed by atoms with Gasteiger partial charge in [0.15, 0.2) is 0 Å². The third kappa shape index (κ3) is 6.55. The highest BCUT2D eigenvalue weighted by atomic mass is 79.9. The Balaban J connectivity index is 0.00000176. The molecule has 7 atom stereocenters. The molecule has 4 rings (SSSR count). The first-order valence-corrected chi connectivity index (χ1v) is 16.6. The minimum Gasteiger partial charge on any atom is -0.446 e. The van der Waals surface area contributed by atoms with Crippen LogP contribution in [0.3, 0.4) is 0 Å². The normalized spacial score (nSPS) is 37.1. The predicted molar refractivity (Wildman–Crippen MR) is 157 cm³/mol. The number of carbonyl (C=O) groups is 1. The van der Waals surface area contributed by atoms with E-state index >= 15 is 0 Å². The van der Waals surface area contributed by atoms with Crippen LogP contribution in [0.2, 0.25) is 0 Å². The maximum absolute atomic E-state index is 12.2. The molecule has 0 aromatic carbocycles. The highest BCUT2D eigenvalue weighted by Crippen LogP contribution is 2.66. The molecule has 208 valence electrons. The smallest absolute Gasteiger partial charge is 0.407 e. The molecule has 3 fully saturated rings. The van der Waals surface area contributed by atoms with Gasteiger partial charge < -0.3 is 10.1 Å². The molecule has 0 aromatic heterocycles. The van der Waals surface area contributed by atoms with E-state index in [4.69, 9.17) is 4.74 Å². The molecule has 1 N–H and O–H groups in total. The Hall–Kier alpha value is -0.510. The van der Waals surface area contributed by atoms with Gasteiger partial charge in [-0.3, -0.25) is 0 Å². The number of amides is 1. The molecule has 4 aliphatic carbocycles. The van der Waals surface area contributed by atoms with E-state index < -0.39 is 0 Å². The summed E-state index contributed by atoms with van der Waals surface area (Å²) in [6.45, 7) is 14.6. The number of fused-ring (bicyclic) bond motifs is 5. The third-order valence-corrected chi connectivity index (χ3v) is 11.3. The number of alkyl halides is 1. The first kappa shape index (κ1) is 30.0. The van der Waals surface area contributed by atoms with E-state index in [0.29, 0.717) is 17.4 Å². The van der Waals surface area contributed by atoms with E-state index in [2.05, 4.69) is 55.0 Å². The molecular weight excluding hydrogens is 510 g/mol. The Morgan fingerprint density at radius 2 is 1.86 bits per heavy atom. The van der Waals surface area contributed by atoms with Gasteiger partial charge in [0.05, 0.1) is 0 Å². The Morgan fingerprint density at radius 3 is 2.58 bits per heavy atom. The van der Waals surface area contributed by atoms with Crippen molar-refractivity contribution in [3.05, 3.63) is 11.6 Å². The fourth-order valence-electron chi connectivity index (χ4n) is 8.70. The average molecular weight is 567 g/mol. The Labute approximate surface area is 231 Å². The van der Waals surface area contributed by atoms with Crippen LogP contribution in [0.25, 0.3) is 0 Å². The first-order chi connectivity index (χ1) is 17.3. The number of ether oxygens (including phenoxy) is 1. The number of allylic oxidation sites excluding steroid dienone is 1. The molecule has 3 nitrogen and oxygen atoms in total. The van der Waals surface area contributed by atoms with Gasteiger partial charge in [-0.2, -0.15) is 0 Å². The lowest BCUT2D eigenvalue weighted by Crippen LogP contribution is -2.50. The number of halogens is 1. The molecule has 3 saturated carbocycles. The highest BCUT2D eigenvalue weighted by Gasteiger charge is 2.58. The second-order valence-corrected chi connectivity index (χ2v) is 13.8. The van der Waals surface area contributed by atoms with E-state index in [1.54, 1.807) is 5.57 Å². The fraction of sp³-hybridized carbons (Fsp3) is 0.906. The van der Waals surface area contributed by atoms with Gasteiger partial charge in [0.1, 0.15) is 6.10 Å². The first-order valence-electron chi connectivity index (χ1n) is 15.5. The molecule has 4 heteroatoms. The Morgan fingerprint density at radius 1 is 1.08 bits per heavy atom. The fourth-order valence-corrected chi connectivity index (χ4v) is 8.99. The Kier molecular flexibility index (Phi) is 11.3. The second-order valence-electron chi connectivity index (χ2n) is 13.0. The van der Waals surface area contributed by atoms with Gasteiger partial charge >= 0.3 is 6.09 Å². The summed E-state index contributed by atoms with van der Waals surface area (Å²) in [7, 11) is 0. The number of nitrogens with one attached hydrogen (secondary N) is 1. The molecule has 0 heterocycles. The summed E-state index contributed by atoms with van der Waals surface area (Å²) in [5, 5.41) is 3.81. The third-order valence-electron chi connectivity index (χ3n) is 10.7. The van der Waals surface area contributed by atoms with Crippen molar-refractivity contribution in [2.24, 2.45) is 40.4 Å². The van der Waals surface area contributed by atoms with Gasteiger partial charge in [-0.15, -0.1) is 0 Å². The van der Waals surface area contributed by atoms with Gasteiger partial charge in [-0.1, -0.05) is 88.4 Å². The van der Waals surface area contributed by atoms with Gasteiger partial charge in [0.2, 0.25) is 0 Å². The number of unbranched alkanes of at least 4 members (excludes halogenated alkanes) is 1. The van der Waals surface area contributed by atoms with Crippen molar-refractivity contribution >= 4 is 22.0 Å². The highest BCUT2D eigenvalue weighted by molar-refractivity contribution is 9.09. The van der Waals surface area contributed by atoms with Gasteiger partial charge in [-0.25, -0.2) is 4.79 Å². The van der Waals surface area contributed by atoms with Gasteiger partial charge in [-0.05, 0) is 98.2 Å². The lowest BCUT2D eigenvalue weighted by atomic mass is 9.47. The average Bonchev–Trinajstić information content (AvgIpc) is 3.19. The van der Waals surface area contributed by atoms with Crippen LogP contribution in [0, 0.1) is 40.4 Å². The van der Waals surface area contributed by atoms with E-state index in [1.807, 2.05) is 13.8 Å². The summed E-state index contributed by atoms with van der Waals surface area (Å²) in [6.07, 6.45) is 19.3. The zero-order valence-electron chi connectivity index (χ0n) is 24.3. The van der Waals surface area contributed by atoms with Crippen LogP contribution in [0.1, 0.15) is 125 Å². The lowest BCUT2D eigenvalue weighted by Gasteiger charge is -2.58. The molecule has 0 bridgehead atoms. The minimum absolute atomic E-state index is 0.0513. The van der Waals surface area contributed by atoms with Crippen LogP contribution in [0.5, 0.6) is 0 Å². The summed E-state index contributed by atoms with van der Waals surface area (Å²) in [5.41, 5.74) is 2.50. The summed E-state index contributed by atoms with van der Waals surface area (Å²) in [6, 6.07) is 0. The number of hydrogen-bond donors (Lipinski definition) is 1. The maximum Gasteiger partial charge on any atom is 0.407 e. The standard InChI is InChI=1S/C30H50BrNO2.C2H6/c1-21(2)8-5-6-9-22-11-13-26-25-12-10-23-20-24(34-28(33)32-19-7-18-31)14-16-30(23,4)27(25)15-17-29(22,26)3;1-2/h10,21-22,24-27H,5-9,11-20H2,1-4H3,(H,32,33);1-2H3. The van der Waals surface area contributed by atoms with Crippen molar-refractivity contribution in [1.82, 2.24) is 5.32 Å². The molecule has 0 aromatic rings. The van der Waals surface area contributed by atoms with E-state index in [9.17, 15) is 4.79 Å². The number of hydrogen-bond acceptors (Lipinski definition) is 2. The zero-order valence-corrected chi connectivity index (χ0v) is 25.9. The number of carbonyl (C=O) groups excluding carboxylic acids is 1. The van der Waals surface area contributed by atoms with Crippen LogP contribution in [0.15, 0.2) is 11.6 Å². The van der Waals surface area contributed by atoms with Crippen molar-refractivity contribution in [2.45, 2.75) is 131 Å². The topological polar surface area (TPSA) is 38.3 Å². The monoisotopic (exact) mass is 565 g/mol. The van der Waals surface area contributed by atoms with Crippen LogP contribution in [-0.4, -0.2) is 24.1 Å². The largest absolute Gasteiger partial charge is 0.446 e. The van der Waals surface area contributed by atoms with Crippen LogP contribution >= 0.6 is 15.9 Å². The maximum atomic E-state index is 12.2. The molecular formula is C32H56BrNO2. The Bertz CT molecular complexity index is 736. The van der Waals surface area contributed by atoms with E-state index in [0.717, 1.165) is 54.2 Å². The summed E-state index contributed by atoms with van der Waals surface area (Å²) in [5.74, 6) is 4.43. The summed E-state index contributed by atoms with van der Waals surface area (Å²) < 4.78 is 5.82. The molecule has 4 aliphatic rings. The molecule has 0 radical (unpaired) electrons. The summed E-state index contributed by atoms with van der Waals surface area (Å²) >= 11 is 3.41. The van der Waals surface area contributed by atoms with Crippen molar-refractivity contribution in [2.75, 3.05) is 11.9 Å². The summed E-state index contributed by atoms with van der Waals surface area (Å²) in [4.78, 5) is 12.2. The molecule has 0 saturated heterocycles. The van der Waals surface area contributed by atoms with Gasteiger partial charge in [0.25, 0.3) is 0 Å². The molecule has 1 amide bonds. The van der Waals surface area contributed by atoms with Crippen molar-refractivity contribution in [3.8, 4) is 0 Å². The lowest BCUT2D eigenvalue weighted by molar-refractivity contribution is -0.0519. The number of rotatable bonds is 9. The minimum atomic E-state index is -0.234. The zero-order chi connectivity index (χ0) is 26.3. The van der Waals surface area contributed by atoms with Crippen LogP contribution in [0.4, 0.5) is 4.79 Å². The second kappa shape index (κ2) is 13.5. The van der Waals surface area contributed by atoms with E-state index in [-0.39, 0.29) is 12.2 Å². The van der Waals surface area contributed by atoms with Crippen molar-refractivity contribution in [1.29, 1.82) is 0 Å². The number of alkyl carbamates (subject to hydrolysis) is 1. The van der Waals surface area contributed by atoms with Crippen molar-refractivity contribution in [3.63, 3.8) is 0 Å². The van der Waals surface area contributed by atoms with Gasteiger partial charge in [0, 0.05) is 18.3 Å². The molecule has 0 spiro atoms. The molecule has 36 heavy (non-hydrogen) atoms. The quantitative estimate of drug-likeness (QED) is 0.171. The SMILES string of the molecule is CC.CC(C)CCCCC1CCC2C3CC=C4CC(OC(=O)NCCCBr)CCC4(C)C3CCC12C. The molecule has 7 unspecified atom stereocenters. The van der Waals surface area contributed by atoms with E-state index in [1.165, 1.54) is 64.2 Å². The predicted octanol–water partition coefficient (Wildman–Crippen LogP) is 9.69. The van der Waals surface area contributed by atoms with Crippen LogP contribution < -0.4 is 5.32 Å².